The van der Waals surface area contributed by atoms with Crippen molar-refractivity contribution >= 4 is 34.1 Å². The minimum Gasteiger partial charge on any atom is -0.357 e. The molecule has 1 N–H and O–H groups in total. The fourth-order valence-electron chi connectivity index (χ4n) is 2.19. The lowest BCUT2D eigenvalue weighted by molar-refractivity contribution is 1.22. The Labute approximate surface area is 125 Å². The Kier molecular flexibility index (Phi) is 3.24. The summed E-state index contributed by atoms with van der Waals surface area (Å²) >= 11 is 12.1. The van der Waals surface area contributed by atoms with Gasteiger partial charge in [-0.3, -0.25) is 9.78 Å². The standard InChI is InChI=1S/C15H10Cl2N2O/c1-8-6-13(20)11-4-5-18-14(15(11)19-8)10-3-2-9(16)7-12(10)17/h2-7H,1H3,(H,19,20). The molecule has 0 aliphatic heterocycles. The third-order valence-corrected chi connectivity index (χ3v) is 3.62. The van der Waals surface area contributed by atoms with Gasteiger partial charge in [0.2, 0.25) is 0 Å². The minimum atomic E-state index is -0.0371. The second kappa shape index (κ2) is 4.93. The number of nitrogens with one attached hydrogen (secondary N) is 1. The Hall–Kier alpha value is -1.84. The topological polar surface area (TPSA) is 45.8 Å². The van der Waals surface area contributed by atoms with Crippen molar-refractivity contribution in [2.75, 3.05) is 0 Å². The third-order valence-electron chi connectivity index (χ3n) is 3.07. The largest absolute Gasteiger partial charge is 0.357 e. The molecule has 3 aromatic rings. The van der Waals surface area contributed by atoms with Gasteiger partial charge in [-0.1, -0.05) is 23.2 Å². The summed E-state index contributed by atoms with van der Waals surface area (Å²) < 4.78 is 0. The number of hydrogen-bond acceptors (Lipinski definition) is 2. The van der Waals surface area contributed by atoms with Crippen LogP contribution in [0.5, 0.6) is 0 Å². The molecule has 0 fully saturated rings. The number of halogens is 2. The molecule has 0 unspecified atom stereocenters. The van der Waals surface area contributed by atoms with Gasteiger partial charge in [0.05, 0.1) is 16.2 Å². The van der Waals surface area contributed by atoms with E-state index in [2.05, 4.69) is 9.97 Å². The zero-order valence-corrected chi connectivity index (χ0v) is 12.1. The molecule has 2 aromatic heterocycles. The number of H-pyrrole nitrogens is 1. The lowest BCUT2D eigenvalue weighted by Gasteiger charge is -2.08. The average molecular weight is 305 g/mol. The summed E-state index contributed by atoms with van der Waals surface area (Å²) in [5.74, 6) is 0. The van der Waals surface area contributed by atoms with Gasteiger partial charge >= 0.3 is 0 Å². The van der Waals surface area contributed by atoms with E-state index in [0.29, 0.717) is 26.6 Å². The zero-order chi connectivity index (χ0) is 14.3. The lowest BCUT2D eigenvalue weighted by atomic mass is 10.1. The number of aromatic amines is 1. The summed E-state index contributed by atoms with van der Waals surface area (Å²) in [6.45, 7) is 1.83. The first kappa shape index (κ1) is 13.2. The highest BCUT2D eigenvalue weighted by Crippen LogP contribution is 2.31. The van der Waals surface area contributed by atoms with E-state index in [1.165, 1.54) is 0 Å². The van der Waals surface area contributed by atoms with E-state index in [1.54, 1.807) is 36.5 Å². The predicted octanol–water partition coefficient (Wildman–Crippen LogP) is 4.21. The maximum absolute atomic E-state index is 12.0. The van der Waals surface area contributed by atoms with Crippen LogP contribution in [-0.2, 0) is 0 Å². The summed E-state index contributed by atoms with van der Waals surface area (Å²) in [7, 11) is 0. The molecule has 0 aliphatic carbocycles. The van der Waals surface area contributed by atoms with Crippen LogP contribution in [0.3, 0.4) is 0 Å². The van der Waals surface area contributed by atoms with Crippen molar-refractivity contribution in [1.82, 2.24) is 9.97 Å². The zero-order valence-electron chi connectivity index (χ0n) is 10.6. The molecule has 1 aromatic carbocycles. The van der Waals surface area contributed by atoms with Crippen LogP contribution in [0.1, 0.15) is 5.69 Å². The van der Waals surface area contributed by atoms with Gasteiger partial charge in [-0.05, 0) is 31.2 Å². The SMILES string of the molecule is Cc1cc(=O)c2ccnc(-c3ccc(Cl)cc3Cl)c2[nH]1. The predicted molar refractivity (Wildman–Crippen MR) is 82.6 cm³/mol. The Morgan fingerprint density at radius 2 is 1.95 bits per heavy atom. The highest BCUT2D eigenvalue weighted by molar-refractivity contribution is 6.36. The third kappa shape index (κ3) is 2.19. The second-order valence-corrected chi connectivity index (χ2v) is 5.37. The summed E-state index contributed by atoms with van der Waals surface area (Å²) in [5, 5.41) is 1.65. The van der Waals surface area contributed by atoms with Gasteiger partial charge in [0.1, 0.15) is 0 Å². The fraction of sp³-hybridized carbons (Fsp3) is 0.0667. The molecule has 2 heterocycles. The normalized spacial score (nSPS) is 10.9. The molecule has 20 heavy (non-hydrogen) atoms. The van der Waals surface area contributed by atoms with Crippen LogP contribution in [0.4, 0.5) is 0 Å². The number of fused-ring (bicyclic) bond motifs is 1. The minimum absolute atomic E-state index is 0.0371. The van der Waals surface area contributed by atoms with E-state index in [-0.39, 0.29) is 5.43 Å². The molecular formula is C15H10Cl2N2O. The second-order valence-electron chi connectivity index (χ2n) is 4.52. The highest BCUT2D eigenvalue weighted by Gasteiger charge is 2.11. The number of benzene rings is 1. The number of rotatable bonds is 1. The molecule has 0 spiro atoms. The first-order valence-electron chi connectivity index (χ1n) is 6.00. The van der Waals surface area contributed by atoms with Crippen molar-refractivity contribution in [3.63, 3.8) is 0 Å². The summed E-state index contributed by atoms with van der Waals surface area (Å²) in [6, 6.07) is 8.47. The van der Waals surface area contributed by atoms with Crippen LogP contribution in [0.25, 0.3) is 22.2 Å². The molecule has 0 atom stereocenters. The van der Waals surface area contributed by atoms with Crippen molar-refractivity contribution in [1.29, 1.82) is 0 Å². The maximum Gasteiger partial charge on any atom is 0.189 e. The van der Waals surface area contributed by atoms with E-state index >= 15 is 0 Å². The summed E-state index contributed by atoms with van der Waals surface area (Å²) in [4.78, 5) is 19.6. The monoisotopic (exact) mass is 304 g/mol. The van der Waals surface area contributed by atoms with Crippen LogP contribution in [0.2, 0.25) is 10.0 Å². The van der Waals surface area contributed by atoms with Gasteiger partial charge in [0, 0.05) is 33.9 Å². The number of pyridine rings is 2. The molecule has 0 aliphatic rings. The maximum atomic E-state index is 12.0. The molecular weight excluding hydrogens is 295 g/mol. The van der Waals surface area contributed by atoms with Gasteiger partial charge in [-0.15, -0.1) is 0 Å². The quantitative estimate of drug-likeness (QED) is 0.732. The van der Waals surface area contributed by atoms with Gasteiger partial charge in [-0.25, -0.2) is 0 Å². The Balaban J connectivity index is 2.39. The van der Waals surface area contributed by atoms with E-state index in [0.717, 1.165) is 11.3 Å². The number of aromatic nitrogens is 2. The summed E-state index contributed by atoms with van der Waals surface area (Å²) in [5.41, 5.74) is 2.81. The van der Waals surface area contributed by atoms with Crippen molar-refractivity contribution in [2.45, 2.75) is 6.92 Å². The molecule has 100 valence electrons. The van der Waals surface area contributed by atoms with E-state index in [1.807, 2.05) is 6.92 Å². The van der Waals surface area contributed by atoms with E-state index in [9.17, 15) is 4.79 Å². The lowest BCUT2D eigenvalue weighted by Crippen LogP contribution is -2.04. The van der Waals surface area contributed by atoms with Crippen LogP contribution in [0, 0.1) is 6.92 Å². The van der Waals surface area contributed by atoms with E-state index < -0.39 is 0 Å². The van der Waals surface area contributed by atoms with Crippen LogP contribution in [-0.4, -0.2) is 9.97 Å². The molecule has 5 heteroatoms. The van der Waals surface area contributed by atoms with Crippen molar-refractivity contribution in [3.8, 4) is 11.3 Å². The Morgan fingerprint density at radius 3 is 2.70 bits per heavy atom. The van der Waals surface area contributed by atoms with Crippen molar-refractivity contribution in [3.05, 3.63) is 62.5 Å². The Morgan fingerprint density at radius 1 is 1.15 bits per heavy atom. The first-order chi connectivity index (χ1) is 9.56. The van der Waals surface area contributed by atoms with Gasteiger partial charge in [-0.2, -0.15) is 0 Å². The van der Waals surface area contributed by atoms with Crippen LogP contribution < -0.4 is 5.43 Å². The summed E-state index contributed by atoms with van der Waals surface area (Å²) in [6.07, 6.45) is 1.60. The molecule has 0 radical (unpaired) electrons. The van der Waals surface area contributed by atoms with Crippen LogP contribution in [0.15, 0.2) is 41.3 Å². The highest BCUT2D eigenvalue weighted by atomic mass is 35.5. The Bertz CT molecular complexity index is 871. The molecule has 0 saturated heterocycles. The number of hydrogen-bond donors (Lipinski definition) is 1. The molecule has 0 saturated carbocycles. The fourth-order valence-corrected chi connectivity index (χ4v) is 2.69. The molecule has 0 amide bonds. The van der Waals surface area contributed by atoms with Gasteiger partial charge in [0.25, 0.3) is 0 Å². The molecule has 0 bridgehead atoms. The van der Waals surface area contributed by atoms with Gasteiger partial charge < -0.3 is 4.98 Å². The number of nitrogens with zero attached hydrogens (tertiary/aromatic N) is 1. The van der Waals surface area contributed by atoms with Crippen LogP contribution >= 0.6 is 23.2 Å². The molecule has 3 nitrogen and oxygen atoms in total. The van der Waals surface area contributed by atoms with Crippen molar-refractivity contribution < 1.29 is 0 Å². The van der Waals surface area contributed by atoms with Gasteiger partial charge in [0.15, 0.2) is 5.43 Å². The van der Waals surface area contributed by atoms with Crippen molar-refractivity contribution in [2.24, 2.45) is 0 Å². The average Bonchev–Trinajstić information content (AvgIpc) is 2.38. The first-order valence-corrected chi connectivity index (χ1v) is 6.76. The van der Waals surface area contributed by atoms with E-state index in [4.69, 9.17) is 23.2 Å². The molecule has 3 rings (SSSR count). The number of aryl methyl sites for hydroxylation is 1. The smallest absolute Gasteiger partial charge is 0.189 e.